The van der Waals surface area contributed by atoms with Gasteiger partial charge >= 0.3 is 12.1 Å². The number of rotatable bonds is 21. The third kappa shape index (κ3) is 24.5. The lowest BCUT2D eigenvalue weighted by Crippen LogP contribution is -2.52. The minimum atomic E-state index is -0.885. The summed E-state index contributed by atoms with van der Waals surface area (Å²) in [6, 6.07) is -0.885. The van der Waals surface area contributed by atoms with Crippen LogP contribution in [0.15, 0.2) is 0 Å². The van der Waals surface area contributed by atoms with Crippen LogP contribution in [-0.4, -0.2) is 127 Å². The largest absolute Gasteiger partial charge is 0.465 e. The summed E-state index contributed by atoms with van der Waals surface area (Å²) in [4.78, 5) is 35.5. The van der Waals surface area contributed by atoms with Gasteiger partial charge in [-0.15, -0.1) is 0 Å². The fourth-order valence-electron chi connectivity index (χ4n) is 2.45. The normalized spacial score (nSPS) is 13.1. The highest BCUT2D eigenvalue weighted by Crippen LogP contribution is 2.33. The Hall–Kier alpha value is -1.64. The van der Waals surface area contributed by atoms with Crippen molar-refractivity contribution in [3.05, 3.63) is 0 Å². The maximum absolute atomic E-state index is 12.1. The maximum atomic E-state index is 12.1. The van der Waals surface area contributed by atoms with Gasteiger partial charge in [-0.25, -0.2) is 14.8 Å². The summed E-state index contributed by atoms with van der Waals surface area (Å²) in [5.74, 6) is 0.259. The van der Waals surface area contributed by atoms with Gasteiger partial charge in [0.15, 0.2) is 0 Å². The first kappa shape index (κ1) is 35.4. The van der Waals surface area contributed by atoms with Gasteiger partial charge in [0, 0.05) is 18.8 Å². The van der Waals surface area contributed by atoms with E-state index in [1.54, 1.807) is 20.8 Å². The highest BCUT2D eigenvalue weighted by Gasteiger charge is 2.23. The molecule has 0 aromatic carbocycles. The van der Waals surface area contributed by atoms with Crippen molar-refractivity contribution in [2.75, 3.05) is 97.1 Å². The number of ether oxygens (including phenoxy) is 6. The third-order valence-electron chi connectivity index (χ3n) is 4.31. The van der Waals surface area contributed by atoms with Gasteiger partial charge in [-0.05, 0) is 39.5 Å². The lowest BCUT2D eigenvalue weighted by molar-refractivity contribution is -0.144. The van der Waals surface area contributed by atoms with Crippen LogP contribution < -0.4 is 16.4 Å². The average Bonchev–Trinajstić information content (AvgIpc) is 2.77. The van der Waals surface area contributed by atoms with Crippen molar-refractivity contribution in [3.63, 3.8) is 0 Å². The SMILES string of the molecule is CC(C)(C)OC(=O)N[C@H](CN)C(=O)NCCOCCOCCOCCOCCC(=O)OCCS(C)(C)C. The molecule has 0 aliphatic rings. The van der Waals surface area contributed by atoms with Crippen LogP contribution in [0, 0.1) is 0 Å². The lowest BCUT2D eigenvalue weighted by atomic mass is 10.2. The highest BCUT2D eigenvalue weighted by atomic mass is 32.3. The number of esters is 1. The molecule has 0 aromatic rings. The number of hydrogen-bond donors (Lipinski definition) is 3. The number of amides is 2. The Morgan fingerprint density at radius 3 is 1.81 bits per heavy atom. The van der Waals surface area contributed by atoms with E-state index in [0.29, 0.717) is 52.9 Å². The Labute approximate surface area is 223 Å². The molecule has 0 aromatic heterocycles. The maximum Gasteiger partial charge on any atom is 0.408 e. The molecular weight excluding hydrogens is 506 g/mol. The minimum Gasteiger partial charge on any atom is -0.465 e. The van der Waals surface area contributed by atoms with Crippen LogP contribution in [0.25, 0.3) is 0 Å². The van der Waals surface area contributed by atoms with E-state index in [1.807, 2.05) is 0 Å². The summed E-state index contributed by atoms with van der Waals surface area (Å²) >= 11 is 0. The average molecular weight is 556 g/mol. The van der Waals surface area contributed by atoms with Crippen LogP contribution in [0.1, 0.15) is 27.2 Å². The van der Waals surface area contributed by atoms with Crippen LogP contribution in [0.4, 0.5) is 4.79 Å². The first-order chi connectivity index (χ1) is 17.3. The number of alkyl carbamates (subject to hydrolysis) is 1. The molecule has 4 N–H and O–H groups in total. The Balaban J connectivity index is 3.52. The van der Waals surface area contributed by atoms with Crippen LogP contribution in [-0.2, 0) is 38.0 Å². The van der Waals surface area contributed by atoms with Crippen molar-refractivity contribution >= 4 is 28.0 Å². The Bertz CT molecular complexity index is 640. The van der Waals surface area contributed by atoms with Crippen molar-refractivity contribution in [1.29, 1.82) is 0 Å². The van der Waals surface area contributed by atoms with Crippen molar-refractivity contribution in [1.82, 2.24) is 10.6 Å². The Morgan fingerprint density at radius 2 is 1.32 bits per heavy atom. The molecule has 13 heteroatoms. The number of carbonyl (C=O) groups excluding carboxylic acids is 3. The lowest BCUT2D eigenvalue weighted by Gasteiger charge is -2.24. The van der Waals surface area contributed by atoms with Crippen LogP contribution in [0.2, 0.25) is 0 Å². The predicted octanol–water partition coefficient (Wildman–Crippen LogP) is 0.648. The number of nitrogens with one attached hydrogen (secondary N) is 2. The second-order valence-electron chi connectivity index (χ2n) is 9.94. The molecule has 0 aliphatic carbocycles. The fourth-order valence-corrected chi connectivity index (χ4v) is 3.03. The molecule has 0 saturated carbocycles. The van der Waals surface area contributed by atoms with E-state index in [-0.39, 0.29) is 32.1 Å². The Morgan fingerprint density at radius 1 is 0.811 bits per heavy atom. The molecule has 2 amide bonds. The number of nitrogens with two attached hydrogens (primary N) is 1. The standard InChI is InChI=1S/C24H49N3O9S/c1-24(2,3)36-23(30)27-20(19-25)22(29)26-8-10-32-12-14-34-16-15-33-13-11-31-9-7-21(28)35-17-18-37(4,5)6/h20H,7-19,25H2,1-6H3,(H,26,29)(H,27,30)/t20-/m1/s1. The van der Waals surface area contributed by atoms with Gasteiger partial charge in [-0.3, -0.25) is 9.59 Å². The summed E-state index contributed by atoms with van der Waals surface area (Å²) in [6.45, 7) is 8.86. The predicted molar refractivity (Wildman–Crippen MR) is 144 cm³/mol. The number of carbonyl (C=O) groups is 3. The zero-order chi connectivity index (χ0) is 28.2. The van der Waals surface area contributed by atoms with E-state index >= 15 is 0 Å². The van der Waals surface area contributed by atoms with Gasteiger partial charge in [-0.2, -0.15) is 0 Å². The van der Waals surface area contributed by atoms with Crippen molar-refractivity contribution < 1.29 is 42.8 Å². The molecule has 37 heavy (non-hydrogen) atoms. The summed E-state index contributed by atoms with van der Waals surface area (Å²) in [7, 11) is -0.656. The summed E-state index contributed by atoms with van der Waals surface area (Å²) in [6.07, 6.45) is 6.09. The van der Waals surface area contributed by atoms with Crippen molar-refractivity contribution in [2.45, 2.75) is 38.8 Å². The van der Waals surface area contributed by atoms with Crippen LogP contribution in [0.5, 0.6) is 0 Å². The van der Waals surface area contributed by atoms with Crippen LogP contribution >= 0.6 is 10.0 Å². The zero-order valence-corrected chi connectivity index (χ0v) is 24.2. The Kier molecular flexibility index (Phi) is 19.4. The molecule has 0 aliphatic heterocycles. The van der Waals surface area contributed by atoms with Crippen LogP contribution in [0.3, 0.4) is 0 Å². The van der Waals surface area contributed by atoms with Gasteiger partial charge < -0.3 is 44.8 Å². The number of hydrogen-bond acceptors (Lipinski definition) is 10. The molecular formula is C24H49N3O9S. The van der Waals surface area contributed by atoms with Gasteiger partial charge in [-0.1, -0.05) is 0 Å². The van der Waals surface area contributed by atoms with Gasteiger partial charge in [0.25, 0.3) is 0 Å². The molecule has 0 rings (SSSR count). The van der Waals surface area contributed by atoms with E-state index in [1.165, 1.54) is 0 Å². The summed E-state index contributed by atoms with van der Waals surface area (Å²) < 4.78 is 31.9. The highest BCUT2D eigenvalue weighted by molar-refractivity contribution is 8.32. The minimum absolute atomic E-state index is 0.0545. The molecule has 12 nitrogen and oxygen atoms in total. The topological polar surface area (TPSA) is 157 Å². The van der Waals surface area contributed by atoms with Gasteiger partial charge in [0.1, 0.15) is 11.6 Å². The van der Waals surface area contributed by atoms with E-state index in [2.05, 4.69) is 29.4 Å². The molecule has 1 atom stereocenters. The molecule has 0 bridgehead atoms. The second kappa shape index (κ2) is 20.3. The van der Waals surface area contributed by atoms with E-state index in [0.717, 1.165) is 5.75 Å². The molecule has 0 heterocycles. The molecule has 220 valence electrons. The molecule has 0 spiro atoms. The van der Waals surface area contributed by atoms with Gasteiger partial charge in [0.2, 0.25) is 5.91 Å². The second-order valence-corrected chi connectivity index (χ2v) is 14.5. The summed E-state index contributed by atoms with van der Waals surface area (Å²) in [5.41, 5.74) is 4.89. The smallest absolute Gasteiger partial charge is 0.408 e. The van der Waals surface area contributed by atoms with E-state index in [9.17, 15) is 14.4 Å². The van der Waals surface area contributed by atoms with E-state index < -0.39 is 33.7 Å². The van der Waals surface area contributed by atoms with Gasteiger partial charge in [0.05, 0.1) is 65.9 Å². The zero-order valence-electron chi connectivity index (χ0n) is 23.4. The van der Waals surface area contributed by atoms with Crippen molar-refractivity contribution in [2.24, 2.45) is 5.73 Å². The molecule has 0 fully saturated rings. The first-order valence-corrected chi connectivity index (χ1v) is 15.5. The molecule has 0 saturated heterocycles. The fraction of sp³-hybridized carbons (Fsp3) is 0.875. The first-order valence-electron chi connectivity index (χ1n) is 12.4. The molecule has 0 radical (unpaired) electrons. The monoisotopic (exact) mass is 555 g/mol. The van der Waals surface area contributed by atoms with Crippen molar-refractivity contribution in [3.8, 4) is 0 Å². The third-order valence-corrected chi connectivity index (χ3v) is 5.71. The molecule has 0 unspecified atom stereocenters. The quantitative estimate of drug-likeness (QED) is 0.136. The summed E-state index contributed by atoms with van der Waals surface area (Å²) in [5, 5.41) is 5.09. The van der Waals surface area contributed by atoms with E-state index in [4.69, 9.17) is 34.2 Å².